The van der Waals surface area contributed by atoms with E-state index in [9.17, 15) is 9.18 Å². The van der Waals surface area contributed by atoms with Crippen molar-refractivity contribution in [2.24, 2.45) is 4.99 Å². The highest BCUT2D eigenvalue weighted by molar-refractivity contribution is 14.0. The number of carbonyl (C=O) groups excluding carboxylic acids is 1. The number of benzene rings is 1. The molecule has 0 radical (unpaired) electrons. The molecule has 0 saturated heterocycles. The van der Waals surface area contributed by atoms with E-state index in [-0.39, 0.29) is 47.7 Å². The topological polar surface area (TPSA) is 56.7 Å². The van der Waals surface area contributed by atoms with Crippen molar-refractivity contribution in [2.75, 3.05) is 33.7 Å². The minimum Gasteiger partial charge on any atom is -0.355 e. The first-order valence-corrected chi connectivity index (χ1v) is 8.54. The monoisotopic (exact) mass is 494 g/mol. The molecule has 1 aromatic rings. The van der Waals surface area contributed by atoms with Crippen LogP contribution in [0.1, 0.15) is 18.4 Å². The van der Waals surface area contributed by atoms with Gasteiger partial charge in [-0.15, -0.1) is 30.6 Å². The number of carbonyl (C=O) groups is 1. The van der Waals surface area contributed by atoms with Gasteiger partial charge in [-0.1, -0.05) is 23.7 Å². The molecule has 0 unspecified atom stereocenters. The third-order valence-corrected chi connectivity index (χ3v) is 4.55. The number of halogens is 3. The summed E-state index contributed by atoms with van der Waals surface area (Å²) in [6, 6.07) is 4.52. The molecule has 0 aliphatic heterocycles. The van der Waals surface area contributed by atoms with Gasteiger partial charge in [-0.2, -0.15) is 0 Å². The zero-order valence-electron chi connectivity index (χ0n) is 15.0. The second-order valence-corrected chi connectivity index (χ2v) is 6.79. The summed E-state index contributed by atoms with van der Waals surface area (Å²) in [6.07, 6.45) is 3.65. The van der Waals surface area contributed by atoms with Crippen LogP contribution in [0.5, 0.6) is 0 Å². The molecule has 1 aliphatic rings. The van der Waals surface area contributed by atoms with Crippen molar-refractivity contribution in [3.05, 3.63) is 47.3 Å². The molecular weight excluding hydrogens is 470 g/mol. The van der Waals surface area contributed by atoms with Crippen LogP contribution in [0.15, 0.2) is 35.8 Å². The van der Waals surface area contributed by atoms with Crippen molar-refractivity contribution in [2.45, 2.75) is 18.3 Å². The van der Waals surface area contributed by atoms with Crippen LogP contribution in [0.25, 0.3) is 0 Å². The zero-order chi connectivity index (χ0) is 18.4. The molecule has 0 aromatic heterocycles. The van der Waals surface area contributed by atoms with Gasteiger partial charge in [0.15, 0.2) is 5.96 Å². The molecule has 144 valence electrons. The fourth-order valence-corrected chi connectivity index (χ4v) is 2.86. The summed E-state index contributed by atoms with van der Waals surface area (Å²) in [7, 11) is 3.38. The zero-order valence-corrected chi connectivity index (χ0v) is 18.1. The van der Waals surface area contributed by atoms with Crippen LogP contribution in [0.3, 0.4) is 0 Å². The number of guanidine groups is 1. The Morgan fingerprint density at radius 2 is 2.12 bits per heavy atom. The van der Waals surface area contributed by atoms with Crippen LogP contribution in [-0.2, 0) is 10.2 Å². The van der Waals surface area contributed by atoms with E-state index in [1.54, 1.807) is 26.2 Å². The van der Waals surface area contributed by atoms with E-state index < -0.39 is 0 Å². The summed E-state index contributed by atoms with van der Waals surface area (Å²) in [5.41, 5.74) is 0.822. The molecule has 0 spiro atoms. The van der Waals surface area contributed by atoms with Gasteiger partial charge in [-0.05, 0) is 30.5 Å². The third kappa shape index (κ3) is 6.12. The van der Waals surface area contributed by atoms with E-state index in [0.29, 0.717) is 24.1 Å². The molecular formula is C18H25ClFIN4O. The summed E-state index contributed by atoms with van der Waals surface area (Å²) in [6.45, 7) is 4.87. The maximum Gasteiger partial charge on any atom is 0.243 e. The maximum absolute atomic E-state index is 13.3. The van der Waals surface area contributed by atoms with Gasteiger partial charge in [0, 0.05) is 37.6 Å². The predicted molar refractivity (Wildman–Crippen MR) is 115 cm³/mol. The highest BCUT2D eigenvalue weighted by Crippen LogP contribution is 2.50. The fraction of sp³-hybridized carbons (Fsp3) is 0.444. The lowest BCUT2D eigenvalue weighted by molar-refractivity contribution is -0.127. The first-order chi connectivity index (χ1) is 11.9. The molecule has 1 aromatic carbocycles. The molecule has 1 aliphatic carbocycles. The molecule has 1 amide bonds. The summed E-state index contributed by atoms with van der Waals surface area (Å²) >= 11 is 6.21. The van der Waals surface area contributed by atoms with Crippen molar-refractivity contribution in [1.82, 2.24) is 15.5 Å². The first-order valence-electron chi connectivity index (χ1n) is 8.17. The Morgan fingerprint density at radius 1 is 1.42 bits per heavy atom. The number of nitrogens with one attached hydrogen (secondary N) is 2. The molecule has 26 heavy (non-hydrogen) atoms. The average Bonchev–Trinajstić information content (AvgIpc) is 3.34. The minimum absolute atomic E-state index is 0. The van der Waals surface area contributed by atoms with Crippen molar-refractivity contribution >= 4 is 47.4 Å². The molecule has 8 heteroatoms. The van der Waals surface area contributed by atoms with Crippen molar-refractivity contribution in [3.8, 4) is 0 Å². The Kier molecular flexibility index (Phi) is 8.82. The second-order valence-electron chi connectivity index (χ2n) is 6.38. The lowest BCUT2D eigenvalue weighted by Crippen LogP contribution is -2.42. The van der Waals surface area contributed by atoms with E-state index in [4.69, 9.17) is 11.6 Å². The van der Waals surface area contributed by atoms with Crippen LogP contribution in [-0.4, -0.2) is 50.5 Å². The van der Waals surface area contributed by atoms with E-state index in [2.05, 4.69) is 22.2 Å². The first kappa shape index (κ1) is 22.7. The molecule has 1 saturated carbocycles. The molecule has 2 rings (SSSR count). The summed E-state index contributed by atoms with van der Waals surface area (Å²) in [5.74, 6) is 0.122. The van der Waals surface area contributed by atoms with E-state index in [1.807, 2.05) is 0 Å². The van der Waals surface area contributed by atoms with Crippen LogP contribution >= 0.6 is 35.6 Å². The van der Waals surface area contributed by atoms with Crippen LogP contribution < -0.4 is 10.6 Å². The number of aliphatic imine (C=N–C) groups is 1. The molecule has 2 N–H and O–H groups in total. The van der Waals surface area contributed by atoms with Gasteiger partial charge in [0.05, 0.1) is 0 Å². The standard InChI is InChI=1S/C18H24ClFN4O.HI/c1-4-9-21-17(22-11-16(25)24(2)3)23-12-18(7-8-18)14-6-5-13(20)10-15(14)19;/h4-6,10H,1,7-9,11-12H2,2-3H3,(H2,21,22,23);1H. The second kappa shape index (κ2) is 10.1. The molecule has 0 heterocycles. The smallest absolute Gasteiger partial charge is 0.243 e. The van der Waals surface area contributed by atoms with E-state index in [0.717, 1.165) is 18.4 Å². The molecule has 5 nitrogen and oxygen atoms in total. The Labute approximate surface area is 176 Å². The van der Waals surface area contributed by atoms with E-state index in [1.165, 1.54) is 17.0 Å². The van der Waals surface area contributed by atoms with Gasteiger partial charge in [0.2, 0.25) is 5.91 Å². The number of rotatable bonds is 7. The minimum atomic E-state index is -0.338. The van der Waals surface area contributed by atoms with Crippen LogP contribution in [0, 0.1) is 5.82 Å². The number of hydrogen-bond donors (Lipinski definition) is 2. The van der Waals surface area contributed by atoms with Gasteiger partial charge in [0.1, 0.15) is 12.4 Å². The third-order valence-electron chi connectivity index (χ3n) is 4.24. The largest absolute Gasteiger partial charge is 0.355 e. The quantitative estimate of drug-likeness (QED) is 0.265. The molecule has 1 fully saturated rings. The summed E-state index contributed by atoms with van der Waals surface area (Å²) in [4.78, 5) is 17.5. The lowest BCUT2D eigenvalue weighted by Gasteiger charge is -2.20. The Balaban J connectivity index is 0.00000338. The SMILES string of the molecule is C=CCNC(=NCC(=O)N(C)C)NCC1(c2ccc(F)cc2Cl)CC1.I. The predicted octanol–water partition coefficient (Wildman–Crippen LogP) is 2.94. The van der Waals surface area contributed by atoms with Crippen molar-refractivity contribution < 1.29 is 9.18 Å². The summed E-state index contributed by atoms with van der Waals surface area (Å²) in [5, 5.41) is 6.80. The van der Waals surface area contributed by atoms with E-state index >= 15 is 0 Å². The highest BCUT2D eigenvalue weighted by Gasteiger charge is 2.45. The number of likely N-dealkylation sites (N-methyl/N-ethyl adjacent to an activating group) is 1. The average molecular weight is 495 g/mol. The van der Waals surface area contributed by atoms with Crippen molar-refractivity contribution in [3.63, 3.8) is 0 Å². The Morgan fingerprint density at radius 3 is 2.65 bits per heavy atom. The molecule has 0 bridgehead atoms. The van der Waals surface area contributed by atoms with Gasteiger partial charge in [0.25, 0.3) is 0 Å². The number of hydrogen-bond acceptors (Lipinski definition) is 2. The Hall–Kier alpha value is -1.35. The summed E-state index contributed by atoms with van der Waals surface area (Å²) < 4.78 is 13.3. The Bertz CT molecular complexity index is 677. The van der Waals surface area contributed by atoms with Gasteiger partial charge < -0.3 is 15.5 Å². The number of amides is 1. The van der Waals surface area contributed by atoms with Gasteiger partial charge >= 0.3 is 0 Å². The normalized spacial score (nSPS) is 14.8. The number of nitrogens with zero attached hydrogens (tertiary/aromatic N) is 2. The van der Waals surface area contributed by atoms with Gasteiger partial charge in [-0.3, -0.25) is 4.79 Å². The maximum atomic E-state index is 13.3. The fourth-order valence-electron chi connectivity index (χ4n) is 2.50. The van der Waals surface area contributed by atoms with Gasteiger partial charge in [-0.25, -0.2) is 9.38 Å². The highest BCUT2D eigenvalue weighted by atomic mass is 127. The van der Waals surface area contributed by atoms with Crippen molar-refractivity contribution in [1.29, 1.82) is 0 Å². The lowest BCUT2D eigenvalue weighted by atomic mass is 9.96. The van der Waals surface area contributed by atoms with Crippen LogP contribution in [0.4, 0.5) is 4.39 Å². The molecule has 0 atom stereocenters. The van der Waals surface area contributed by atoms with Crippen LogP contribution in [0.2, 0.25) is 5.02 Å².